The molecule has 3 rings (SSSR count). The fourth-order valence-electron chi connectivity index (χ4n) is 2.64. The summed E-state index contributed by atoms with van der Waals surface area (Å²) in [6, 6.07) is 6.75. The van der Waals surface area contributed by atoms with E-state index in [0.29, 0.717) is 43.2 Å². The van der Waals surface area contributed by atoms with Crippen LogP contribution in [0.25, 0.3) is 11.1 Å². The van der Waals surface area contributed by atoms with Crippen LogP contribution in [0.15, 0.2) is 36.5 Å². The number of rotatable bonds is 3. The summed E-state index contributed by atoms with van der Waals surface area (Å²) in [6.45, 7) is 2.00. The molecule has 1 aromatic carbocycles. The molecule has 1 aliphatic heterocycles. The van der Waals surface area contributed by atoms with E-state index in [0.717, 1.165) is 12.3 Å². The summed E-state index contributed by atoms with van der Waals surface area (Å²) in [6.07, 6.45) is -3.69. The molecule has 0 bridgehead atoms. The highest BCUT2D eigenvalue weighted by Crippen LogP contribution is 2.36. The van der Waals surface area contributed by atoms with Gasteiger partial charge < -0.3 is 14.7 Å². The number of halogens is 3. The van der Waals surface area contributed by atoms with Gasteiger partial charge in [-0.1, -0.05) is 12.1 Å². The highest BCUT2D eigenvalue weighted by atomic mass is 19.4. The van der Waals surface area contributed by atoms with Crippen LogP contribution in [0.4, 0.5) is 19.0 Å². The number of morpholine rings is 1. The van der Waals surface area contributed by atoms with Gasteiger partial charge in [-0.25, -0.2) is 9.78 Å². The second kappa shape index (κ2) is 6.72. The van der Waals surface area contributed by atoms with E-state index in [-0.39, 0.29) is 5.56 Å². The van der Waals surface area contributed by atoms with Gasteiger partial charge in [-0.15, -0.1) is 0 Å². The molecule has 0 radical (unpaired) electrons. The molecule has 0 saturated carbocycles. The number of hydrogen-bond acceptors (Lipinski definition) is 4. The van der Waals surface area contributed by atoms with E-state index in [9.17, 15) is 18.0 Å². The van der Waals surface area contributed by atoms with Crippen LogP contribution in [0.2, 0.25) is 0 Å². The van der Waals surface area contributed by atoms with Gasteiger partial charge >= 0.3 is 12.1 Å². The normalized spacial score (nSPS) is 15.2. The number of alkyl halides is 3. The molecule has 1 aromatic heterocycles. The molecule has 0 aliphatic carbocycles. The maximum absolute atomic E-state index is 13.1. The van der Waals surface area contributed by atoms with Crippen LogP contribution in [0.3, 0.4) is 0 Å². The van der Waals surface area contributed by atoms with E-state index < -0.39 is 17.7 Å². The number of pyridine rings is 1. The monoisotopic (exact) mass is 352 g/mol. The molecule has 1 fully saturated rings. The van der Waals surface area contributed by atoms with Gasteiger partial charge in [0.2, 0.25) is 0 Å². The molecule has 0 unspecified atom stereocenters. The molecule has 1 saturated heterocycles. The van der Waals surface area contributed by atoms with Crippen molar-refractivity contribution in [3.8, 4) is 11.1 Å². The molecule has 5 nitrogen and oxygen atoms in total. The summed E-state index contributed by atoms with van der Waals surface area (Å²) >= 11 is 0. The highest BCUT2D eigenvalue weighted by Gasteiger charge is 2.32. The van der Waals surface area contributed by atoms with E-state index in [1.54, 1.807) is 0 Å². The van der Waals surface area contributed by atoms with Gasteiger partial charge in [0.05, 0.1) is 24.3 Å². The Kier molecular flexibility index (Phi) is 4.63. The first-order valence-corrected chi connectivity index (χ1v) is 7.60. The topological polar surface area (TPSA) is 62.7 Å². The predicted molar refractivity (Wildman–Crippen MR) is 84.7 cm³/mol. The van der Waals surface area contributed by atoms with Crippen molar-refractivity contribution in [2.24, 2.45) is 0 Å². The summed E-state index contributed by atoms with van der Waals surface area (Å²) in [5, 5.41) is 8.97. The Morgan fingerprint density at radius 1 is 1.16 bits per heavy atom. The highest BCUT2D eigenvalue weighted by molar-refractivity contribution is 5.89. The van der Waals surface area contributed by atoms with Crippen molar-refractivity contribution < 1.29 is 27.8 Å². The number of benzene rings is 1. The minimum absolute atomic E-state index is 0.0663. The van der Waals surface area contributed by atoms with Crippen molar-refractivity contribution in [3.05, 3.63) is 47.7 Å². The molecule has 0 spiro atoms. The Morgan fingerprint density at radius 2 is 1.80 bits per heavy atom. The zero-order chi connectivity index (χ0) is 18.0. The summed E-state index contributed by atoms with van der Waals surface area (Å²) in [4.78, 5) is 16.9. The number of nitrogens with zero attached hydrogens (tertiary/aromatic N) is 2. The number of aromatic carboxylic acids is 1. The van der Waals surface area contributed by atoms with Crippen LogP contribution >= 0.6 is 0 Å². The third-order valence-corrected chi connectivity index (χ3v) is 3.95. The fraction of sp³-hybridized carbons (Fsp3) is 0.294. The summed E-state index contributed by atoms with van der Waals surface area (Å²) < 4.78 is 44.5. The molecule has 0 amide bonds. The van der Waals surface area contributed by atoms with E-state index in [2.05, 4.69) is 4.98 Å². The molecule has 25 heavy (non-hydrogen) atoms. The first-order valence-electron chi connectivity index (χ1n) is 7.60. The van der Waals surface area contributed by atoms with E-state index in [4.69, 9.17) is 9.84 Å². The lowest BCUT2D eigenvalue weighted by molar-refractivity contribution is -0.137. The van der Waals surface area contributed by atoms with Crippen LogP contribution in [-0.2, 0) is 10.9 Å². The van der Waals surface area contributed by atoms with Crippen molar-refractivity contribution in [2.45, 2.75) is 6.18 Å². The van der Waals surface area contributed by atoms with E-state index in [1.165, 1.54) is 24.3 Å². The van der Waals surface area contributed by atoms with Crippen molar-refractivity contribution >= 4 is 11.8 Å². The Balaban J connectivity index is 2.08. The van der Waals surface area contributed by atoms with Crippen molar-refractivity contribution in [2.75, 3.05) is 31.2 Å². The quantitative estimate of drug-likeness (QED) is 0.918. The fourth-order valence-corrected chi connectivity index (χ4v) is 2.64. The van der Waals surface area contributed by atoms with Crippen LogP contribution in [0, 0.1) is 0 Å². The lowest BCUT2D eigenvalue weighted by Crippen LogP contribution is -2.37. The number of aromatic nitrogens is 1. The Labute approximate surface area is 141 Å². The van der Waals surface area contributed by atoms with Gasteiger partial charge in [0.15, 0.2) is 0 Å². The smallest absolute Gasteiger partial charge is 0.417 e. The zero-order valence-corrected chi connectivity index (χ0v) is 13.1. The first kappa shape index (κ1) is 17.2. The number of ether oxygens (including phenoxy) is 1. The minimum atomic E-state index is -4.51. The Bertz CT molecular complexity index is 770. The molecule has 1 N–H and O–H groups in total. The average molecular weight is 352 g/mol. The molecule has 8 heteroatoms. The lowest BCUT2D eigenvalue weighted by atomic mass is 10.0. The largest absolute Gasteiger partial charge is 0.478 e. The average Bonchev–Trinajstić information content (AvgIpc) is 2.61. The molecule has 1 aliphatic rings. The maximum atomic E-state index is 13.1. The SMILES string of the molecule is O=C(O)c1ccc(-c2cc(C(F)(F)F)cnc2N2CCOCC2)cc1. The third-order valence-electron chi connectivity index (χ3n) is 3.95. The van der Waals surface area contributed by atoms with Gasteiger partial charge in [-0.3, -0.25) is 0 Å². The van der Waals surface area contributed by atoms with Gasteiger partial charge in [0.25, 0.3) is 0 Å². The molecular weight excluding hydrogens is 337 g/mol. The standard InChI is InChI=1S/C17H15F3N2O3/c18-17(19,20)13-9-14(11-1-3-12(4-2-11)16(23)24)15(21-10-13)22-5-7-25-8-6-22/h1-4,9-10H,5-8H2,(H,23,24). The van der Waals surface area contributed by atoms with Crippen LogP contribution in [-0.4, -0.2) is 42.4 Å². The van der Waals surface area contributed by atoms with Crippen LogP contribution in [0.1, 0.15) is 15.9 Å². The predicted octanol–water partition coefficient (Wildman–Crippen LogP) is 3.30. The number of anilines is 1. The number of hydrogen-bond donors (Lipinski definition) is 1. The lowest BCUT2D eigenvalue weighted by Gasteiger charge is -2.30. The summed E-state index contributed by atoms with van der Waals surface area (Å²) in [7, 11) is 0. The number of carboxylic acid groups (broad SMARTS) is 1. The molecule has 2 aromatic rings. The van der Waals surface area contributed by atoms with Gasteiger partial charge in [-0.2, -0.15) is 13.2 Å². The molecule has 132 valence electrons. The molecule has 2 heterocycles. The van der Waals surface area contributed by atoms with Gasteiger partial charge in [0, 0.05) is 24.8 Å². The van der Waals surface area contributed by atoms with Crippen molar-refractivity contribution in [3.63, 3.8) is 0 Å². The van der Waals surface area contributed by atoms with Crippen molar-refractivity contribution in [1.82, 2.24) is 4.98 Å². The Hall–Kier alpha value is -2.61. The second-order valence-corrected chi connectivity index (χ2v) is 5.57. The molecular formula is C17H15F3N2O3. The van der Waals surface area contributed by atoms with Gasteiger partial charge in [0.1, 0.15) is 5.82 Å². The number of carbonyl (C=O) groups is 1. The van der Waals surface area contributed by atoms with E-state index >= 15 is 0 Å². The Morgan fingerprint density at radius 3 is 2.36 bits per heavy atom. The third kappa shape index (κ3) is 3.74. The maximum Gasteiger partial charge on any atom is 0.417 e. The second-order valence-electron chi connectivity index (χ2n) is 5.57. The first-order chi connectivity index (χ1) is 11.9. The summed E-state index contributed by atoms with van der Waals surface area (Å²) in [5.74, 6) is -0.665. The number of carboxylic acids is 1. The molecule has 0 atom stereocenters. The summed E-state index contributed by atoms with van der Waals surface area (Å²) in [5.41, 5.74) is 0.0113. The van der Waals surface area contributed by atoms with Gasteiger partial charge in [-0.05, 0) is 23.8 Å². The minimum Gasteiger partial charge on any atom is -0.478 e. The zero-order valence-electron chi connectivity index (χ0n) is 13.1. The van der Waals surface area contributed by atoms with E-state index in [1.807, 2.05) is 4.90 Å². The van der Waals surface area contributed by atoms with Crippen molar-refractivity contribution in [1.29, 1.82) is 0 Å². The van der Waals surface area contributed by atoms with Crippen LogP contribution in [0.5, 0.6) is 0 Å². The van der Waals surface area contributed by atoms with Crippen LogP contribution < -0.4 is 4.90 Å².